The SMILES string of the molecule is O=C(O)C1CC(O)CN1S(=O)(=O)c1ccc(F)cc1. The van der Waals surface area contributed by atoms with Gasteiger partial charge in [0, 0.05) is 13.0 Å². The first-order chi connectivity index (χ1) is 8.82. The van der Waals surface area contributed by atoms with Crippen molar-refractivity contribution in [3.8, 4) is 0 Å². The smallest absolute Gasteiger partial charge is 0.322 e. The zero-order valence-corrected chi connectivity index (χ0v) is 10.5. The summed E-state index contributed by atoms with van der Waals surface area (Å²) in [6, 6.07) is 2.79. The highest BCUT2D eigenvalue weighted by Crippen LogP contribution is 2.26. The van der Waals surface area contributed by atoms with Crippen LogP contribution in [0.5, 0.6) is 0 Å². The Morgan fingerprint density at radius 2 is 1.89 bits per heavy atom. The van der Waals surface area contributed by atoms with Gasteiger partial charge >= 0.3 is 5.97 Å². The normalized spacial score (nSPS) is 24.5. The van der Waals surface area contributed by atoms with E-state index in [2.05, 4.69) is 0 Å². The first kappa shape index (κ1) is 13.9. The van der Waals surface area contributed by atoms with E-state index >= 15 is 0 Å². The lowest BCUT2D eigenvalue weighted by Gasteiger charge is -2.20. The maximum Gasteiger partial charge on any atom is 0.322 e. The lowest BCUT2D eigenvalue weighted by Crippen LogP contribution is -2.40. The second-order valence-electron chi connectivity index (χ2n) is 4.27. The van der Waals surface area contributed by atoms with E-state index in [4.69, 9.17) is 5.11 Å². The summed E-state index contributed by atoms with van der Waals surface area (Å²) in [5.41, 5.74) is 0. The van der Waals surface area contributed by atoms with Crippen LogP contribution in [0.3, 0.4) is 0 Å². The van der Waals surface area contributed by atoms with Crippen LogP contribution in [0.1, 0.15) is 6.42 Å². The molecule has 6 nitrogen and oxygen atoms in total. The number of nitrogens with zero attached hydrogens (tertiary/aromatic N) is 1. The van der Waals surface area contributed by atoms with Crippen molar-refractivity contribution in [3.63, 3.8) is 0 Å². The summed E-state index contributed by atoms with van der Waals surface area (Å²) in [5, 5.41) is 18.4. The molecule has 1 aliphatic heterocycles. The molecule has 0 radical (unpaired) electrons. The van der Waals surface area contributed by atoms with Crippen LogP contribution in [-0.4, -0.2) is 47.6 Å². The molecule has 0 bridgehead atoms. The van der Waals surface area contributed by atoms with E-state index in [0.717, 1.165) is 28.6 Å². The second-order valence-corrected chi connectivity index (χ2v) is 6.16. The van der Waals surface area contributed by atoms with E-state index in [9.17, 15) is 22.7 Å². The molecule has 1 aliphatic rings. The van der Waals surface area contributed by atoms with Gasteiger partial charge in [0.05, 0.1) is 11.0 Å². The van der Waals surface area contributed by atoms with Crippen molar-refractivity contribution >= 4 is 16.0 Å². The molecule has 0 aromatic heterocycles. The molecular weight excluding hydrogens is 277 g/mol. The van der Waals surface area contributed by atoms with E-state index in [1.54, 1.807) is 0 Å². The summed E-state index contributed by atoms with van der Waals surface area (Å²) < 4.78 is 38.0. The molecule has 0 spiro atoms. The molecule has 1 fully saturated rings. The molecule has 1 aromatic rings. The Labute approximate surface area is 109 Å². The summed E-state index contributed by atoms with van der Waals surface area (Å²) in [7, 11) is -4.06. The van der Waals surface area contributed by atoms with Gasteiger partial charge in [0.1, 0.15) is 11.9 Å². The van der Waals surface area contributed by atoms with Gasteiger partial charge in [-0.2, -0.15) is 4.31 Å². The minimum absolute atomic E-state index is 0.157. The number of rotatable bonds is 3. The summed E-state index contributed by atoms with van der Waals surface area (Å²) >= 11 is 0. The molecular formula is C11H12FNO5S. The van der Waals surface area contributed by atoms with Gasteiger partial charge < -0.3 is 10.2 Å². The number of β-amino-alcohol motifs (C(OH)–C–C–N with tert-alkyl or cyclic N) is 1. The van der Waals surface area contributed by atoms with Crippen molar-refractivity contribution in [2.24, 2.45) is 0 Å². The number of carboxylic acids is 1. The summed E-state index contributed by atoms with van der Waals surface area (Å²) in [5.74, 6) is -1.91. The van der Waals surface area contributed by atoms with Gasteiger partial charge in [0.15, 0.2) is 0 Å². The van der Waals surface area contributed by atoms with E-state index in [-0.39, 0.29) is 17.9 Å². The Hall–Kier alpha value is -1.51. The number of carbonyl (C=O) groups is 1. The van der Waals surface area contributed by atoms with Gasteiger partial charge in [-0.3, -0.25) is 4.79 Å². The second kappa shape index (κ2) is 4.87. The van der Waals surface area contributed by atoms with Crippen LogP contribution in [0.25, 0.3) is 0 Å². The molecule has 0 aliphatic carbocycles. The number of carboxylic acid groups (broad SMARTS) is 1. The number of aliphatic carboxylic acids is 1. The fourth-order valence-corrected chi connectivity index (χ4v) is 3.65. The highest BCUT2D eigenvalue weighted by molar-refractivity contribution is 7.89. The van der Waals surface area contributed by atoms with Crippen LogP contribution >= 0.6 is 0 Å². The summed E-state index contributed by atoms with van der Waals surface area (Å²) in [6.45, 7) is -0.281. The van der Waals surface area contributed by atoms with Gasteiger partial charge in [0.2, 0.25) is 10.0 Å². The Morgan fingerprint density at radius 3 is 2.42 bits per heavy atom. The zero-order valence-electron chi connectivity index (χ0n) is 9.73. The molecule has 0 saturated carbocycles. The van der Waals surface area contributed by atoms with Crippen LogP contribution in [0.15, 0.2) is 29.2 Å². The number of aliphatic hydroxyl groups excluding tert-OH is 1. The predicted molar refractivity (Wildman–Crippen MR) is 62.3 cm³/mol. The fraction of sp³-hybridized carbons (Fsp3) is 0.364. The number of halogens is 1. The third kappa shape index (κ3) is 2.60. The van der Waals surface area contributed by atoms with Crippen molar-refractivity contribution in [3.05, 3.63) is 30.1 Å². The monoisotopic (exact) mass is 289 g/mol. The molecule has 1 saturated heterocycles. The van der Waals surface area contributed by atoms with Crippen molar-refractivity contribution in [2.75, 3.05) is 6.54 Å². The lowest BCUT2D eigenvalue weighted by molar-refractivity contribution is -0.140. The summed E-state index contributed by atoms with van der Waals surface area (Å²) in [4.78, 5) is 10.8. The molecule has 104 valence electrons. The number of benzene rings is 1. The lowest BCUT2D eigenvalue weighted by atomic mass is 10.2. The Balaban J connectivity index is 2.38. The number of aliphatic hydroxyl groups is 1. The molecule has 2 unspecified atom stereocenters. The minimum atomic E-state index is -4.06. The van der Waals surface area contributed by atoms with Crippen LogP contribution < -0.4 is 0 Å². The standard InChI is InChI=1S/C11H12FNO5S/c12-7-1-3-9(4-2-7)19(17,18)13-6-8(14)5-10(13)11(15)16/h1-4,8,10,14H,5-6H2,(H,15,16). The number of hydrogen-bond acceptors (Lipinski definition) is 4. The molecule has 0 amide bonds. The molecule has 1 aromatic carbocycles. The largest absolute Gasteiger partial charge is 0.480 e. The topological polar surface area (TPSA) is 94.9 Å². The molecule has 19 heavy (non-hydrogen) atoms. The summed E-state index contributed by atoms with van der Waals surface area (Å²) in [6.07, 6.45) is -1.17. The van der Waals surface area contributed by atoms with E-state index in [1.807, 2.05) is 0 Å². The number of sulfonamides is 1. The maximum absolute atomic E-state index is 12.8. The van der Waals surface area contributed by atoms with Gasteiger partial charge in [0.25, 0.3) is 0 Å². The average Bonchev–Trinajstić information content (AvgIpc) is 2.73. The Bertz CT molecular complexity index is 586. The van der Waals surface area contributed by atoms with E-state index in [0.29, 0.717) is 0 Å². The maximum atomic E-state index is 12.8. The van der Waals surface area contributed by atoms with Crippen molar-refractivity contribution in [1.82, 2.24) is 4.31 Å². The average molecular weight is 289 g/mol. The minimum Gasteiger partial charge on any atom is -0.480 e. The highest BCUT2D eigenvalue weighted by Gasteiger charge is 2.43. The number of hydrogen-bond donors (Lipinski definition) is 2. The van der Waals surface area contributed by atoms with Crippen molar-refractivity contribution in [2.45, 2.75) is 23.5 Å². The van der Waals surface area contributed by atoms with Crippen LogP contribution in [-0.2, 0) is 14.8 Å². The van der Waals surface area contributed by atoms with Crippen LogP contribution in [0.4, 0.5) is 4.39 Å². The Morgan fingerprint density at radius 1 is 1.32 bits per heavy atom. The van der Waals surface area contributed by atoms with Gasteiger partial charge in [-0.15, -0.1) is 0 Å². The third-order valence-electron chi connectivity index (χ3n) is 2.94. The first-order valence-electron chi connectivity index (χ1n) is 5.50. The van der Waals surface area contributed by atoms with Crippen LogP contribution in [0, 0.1) is 5.82 Å². The van der Waals surface area contributed by atoms with E-state index in [1.165, 1.54) is 0 Å². The van der Waals surface area contributed by atoms with Gasteiger partial charge in [-0.1, -0.05) is 0 Å². The molecule has 2 N–H and O–H groups in total. The van der Waals surface area contributed by atoms with Gasteiger partial charge in [-0.05, 0) is 24.3 Å². The quantitative estimate of drug-likeness (QED) is 0.819. The van der Waals surface area contributed by atoms with Crippen molar-refractivity contribution in [1.29, 1.82) is 0 Å². The Kier molecular flexibility index (Phi) is 3.57. The predicted octanol–water partition coefficient (Wildman–Crippen LogP) is 0.0342. The molecule has 2 rings (SSSR count). The van der Waals surface area contributed by atoms with E-state index < -0.39 is 34.0 Å². The third-order valence-corrected chi connectivity index (χ3v) is 4.83. The molecule has 1 heterocycles. The molecule has 8 heteroatoms. The van der Waals surface area contributed by atoms with Crippen LogP contribution in [0.2, 0.25) is 0 Å². The first-order valence-corrected chi connectivity index (χ1v) is 6.94. The fourth-order valence-electron chi connectivity index (χ4n) is 2.02. The molecule has 2 atom stereocenters. The van der Waals surface area contributed by atoms with Gasteiger partial charge in [-0.25, -0.2) is 12.8 Å². The highest BCUT2D eigenvalue weighted by atomic mass is 32.2. The van der Waals surface area contributed by atoms with Crippen molar-refractivity contribution < 1.29 is 27.8 Å². The zero-order chi connectivity index (χ0) is 14.2.